The maximum atomic E-state index is 11.4. The van der Waals surface area contributed by atoms with Gasteiger partial charge >= 0.3 is 12.0 Å². The number of amides is 2. The normalized spacial score (nSPS) is 12.2. The Morgan fingerprint density at radius 1 is 1.11 bits per heavy atom. The summed E-state index contributed by atoms with van der Waals surface area (Å²) in [6, 6.07) is -0.166. The molecule has 5 heteroatoms. The minimum Gasteiger partial charge on any atom is -0.481 e. The van der Waals surface area contributed by atoms with Crippen LogP contribution in [0.2, 0.25) is 0 Å². The molecule has 0 rings (SSSR count). The number of hydrogen-bond acceptors (Lipinski definition) is 2. The van der Waals surface area contributed by atoms with E-state index in [2.05, 4.69) is 24.5 Å². The Balaban J connectivity index is 3.48. The summed E-state index contributed by atoms with van der Waals surface area (Å²) in [7, 11) is 0. The summed E-state index contributed by atoms with van der Waals surface area (Å²) in [6.45, 7) is 7.45. The largest absolute Gasteiger partial charge is 0.481 e. The highest BCUT2D eigenvalue weighted by Crippen LogP contribution is 2.04. The lowest BCUT2D eigenvalue weighted by molar-refractivity contribution is -0.137. The van der Waals surface area contributed by atoms with Crippen LogP contribution in [-0.2, 0) is 4.79 Å². The van der Waals surface area contributed by atoms with Crippen molar-refractivity contribution in [1.29, 1.82) is 0 Å². The fourth-order valence-electron chi connectivity index (χ4n) is 1.51. The van der Waals surface area contributed by atoms with Crippen LogP contribution >= 0.6 is 0 Å². The molecular formula is C13H26N2O3. The summed E-state index contributed by atoms with van der Waals surface area (Å²) in [5.74, 6) is 0.0494. The Kier molecular flexibility index (Phi) is 9.06. The average molecular weight is 258 g/mol. The summed E-state index contributed by atoms with van der Waals surface area (Å²) in [6.07, 6.45) is 2.83. The van der Waals surface area contributed by atoms with Gasteiger partial charge in [-0.3, -0.25) is 4.79 Å². The van der Waals surface area contributed by atoms with Gasteiger partial charge in [0.25, 0.3) is 0 Å². The van der Waals surface area contributed by atoms with E-state index in [4.69, 9.17) is 5.11 Å². The zero-order chi connectivity index (χ0) is 14.0. The fourth-order valence-corrected chi connectivity index (χ4v) is 1.51. The molecule has 0 radical (unpaired) electrons. The van der Waals surface area contributed by atoms with Crippen molar-refractivity contribution in [2.24, 2.45) is 11.8 Å². The smallest absolute Gasteiger partial charge is 0.314 e. The van der Waals surface area contributed by atoms with Gasteiger partial charge in [0.05, 0.1) is 0 Å². The highest BCUT2D eigenvalue weighted by molar-refractivity contribution is 5.73. The number of carboxylic acid groups (broad SMARTS) is 1. The van der Waals surface area contributed by atoms with Gasteiger partial charge in [0.15, 0.2) is 0 Å². The summed E-state index contributed by atoms with van der Waals surface area (Å²) in [5, 5.41) is 14.1. The zero-order valence-electron chi connectivity index (χ0n) is 11.7. The molecule has 0 fully saturated rings. The molecule has 1 unspecified atom stereocenters. The molecule has 0 aliphatic carbocycles. The van der Waals surface area contributed by atoms with E-state index in [1.807, 2.05) is 6.92 Å². The van der Waals surface area contributed by atoms with Gasteiger partial charge in [-0.15, -0.1) is 0 Å². The number of carboxylic acids is 1. The fraction of sp³-hybridized carbons (Fsp3) is 0.846. The third-order valence-corrected chi connectivity index (χ3v) is 2.71. The van der Waals surface area contributed by atoms with Crippen LogP contribution in [0.25, 0.3) is 0 Å². The molecule has 1 atom stereocenters. The molecule has 0 aliphatic rings. The molecule has 0 bridgehead atoms. The van der Waals surface area contributed by atoms with Crippen LogP contribution < -0.4 is 10.6 Å². The van der Waals surface area contributed by atoms with Crippen molar-refractivity contribution in [3.63, 3.8) is 0 Å². The molecule has 0 aromatic carbocycles. The highest BCUT2D eigenvalue weighted by Gasteiger charge is 2.07. The second-order valence-electron chi connectivity index (χ2n) is 5.21. The molecule has 18 heavy (non-hydrogen) atoms. The van der Waals surface area contributed by atoms with Gasteiger partial charge in [-0.05, 0) is 31.1 Å². The van der Waals surface area contributed by atoms with Crippen LogP contribution in [0.1, 0.15) is 46.5 Å². The van der Waals surface area contributed by atoms with E-state index < -0.39 is 5.97 Å². The Labute approximate surface area is 109 Å². The molecule has 0 aliphatic heterocycles. The van der Waals surface area contributed by atoms with Crippen LogP contribution in [0.5, 0.6) is 0 Å². The molecular weight excluding hydrogens is 232 g/mol. The Bertz CT molecular complexity index is 255. The lowest BCUT2D eigenvalue weighted by Crippen LogP contribution is -2.38. The maximum Gasteiger partial charge on any atom is 0.314 e. The third kappa shape index (κ3) is 11.2. The highest BCUT2D eigenvalue weighted by atomic mass is 16.4. The Hall–Kier alpha value is -1.26. The van der Waals surface area contributed by atoms with Gasteiger partial charge in [0.1, 0.15) is 0 Å². The predicted octanol–water partition coefficient (Wildman–Crippen LogP) is 2.22. The number of carbonyl (C=O) groups is 2. The summed E-state index contributed by atoms with van der Waals surface area (Å²) >= 11 is 0. The van der Waals surface area contributed by atoms with E-state index in [1.54, 1.807) is 0 Å². The summed E-state index contributed by atoms with van der Waals surface area (Å²) in [4.78, 5) is 21.8. The molecule has 0 aromatic heterocycles. The van der Waals surface area contributed by atoms with Crippen LogP contribution in [0.15, 0.2) is 0 Å². The van der Waals surface area contributed by atoms with Gasteiger partial charge in [-0.2, -0.15) is 0 Å². The monoisotopic (exact) mass is 258 g/mol. The summed E-state index contributed by atoms with van der Waals surface area (Å²) < 4.78 is 0. The summed E-state index contributed by atoms with van der Waals surface area (Å²) in [5.41, 5.74) is 0. The number of nitrogens with one attached hydrogen (secondary N) is 2. The number of aliphatic carboxylic acids is 1. The van der Waals surface area contributed by atoms with Gasteiger partial charge in [-0.25, -0.2) is 4.79 Å². The Morgan fingerprint density at radius 2 is 1.78 bits per heavy atom. The molecule has 5 nitrogen and oxygen atoms in total. The quantitative estimate of drug-likeness (QED) is 0.555. The maximum absolute atomic E-state index is 11.4. The van der Waals surface area contributed by atoms with Crippen molar-refractivity contribution in [2.45, 2.75) is 46.5 Å². The van der Waals surface area contributed by atoms with Crippen LogP contribution in [0, 0.1) is 11.8 Å². The van der Waals surface area contributed by atoms with Crippen molar-refractivity contribution < 1.29 is 14.7 Å². The standard InChI is InChI=1S/C13H26N2O3/c1-10(2)5-4-8-14-13(18)15-9-11(3)6-7-12(16)17/h10-11H,4-9H2,1-3H3,(H,16,17)(H2,14,15,18). The second kappa shape index (κ2) is 9.74. The molecule has 0 spiro atoms. The second-order valence-corrected chi connectivity index (χ2v) is 5.21. The SMILES string of the molecule is CC(C)CCCNC(=O)NCC(C)CCC(=O)O. The molecule has 2 amide bonds. The first-order valence-corrected chi connectivity index (χ1v) is 6.65. The third-order valence-electron chi connectivity index (χ3n) is 2.71. The van der Waals surface area contributed by atoms with Crippen molar-refractivity contribution in [3.8, 4) is 0 Å². The Morgan fingerprint density at radius 3 is 2.33 bits per heavy atom. The first-order valence-electron chi connectivity index (χ1n) is 6.65. The zero-order valence-corrected chi connectivity index (χ0v) is 11.7. The first kappa shape index (κ1) is 16.7. The van der Waals surface area contributed by atoms with E-state index in [-0.39, 0.29) is 18.4 Å². The van der Waals surface area contributed by atoms with Crippen molar-refractivity contribution >= 4 is 12.0 Å². The molecule has 0 saturated carbocycles. The number of rotatable bonds is 9. The number of carbonyl (C=O) groups excluding carboxylic acids is 1. The molecule has 0 saturated heterocycles. The van der Waals surface area contributed by atoms with E-state index in [0.29, 0.717) is 25.4 Å². The lowest BCUT2D eigenvalue weighted by Gasteiger charge is -2.12. The van der Waals surface area contributed by atoms with Crippen LogP contribution in [0.3, 0.4) is 0 Å². The molecule has 106 valence electrons. The predicted molar refractivity (Wildman–Crippen MR) is 71.5 cm³/mol. The molecule has 0 heterocycles. The number of hydrogen-bond donors (Lipinski definition) is 3. The minimum absolute atomic E-state index is 0.152. The lowest BCUT2D eigenvalue weighted by atomic mass is 10.1. The van der Waals surface area contributed by atoms with Crippen LogP contribution in [0.4, 0.5) is 4.79 Å². The van der Waals surface area contributed by atoms with E-state index in [9.17, 15) is 9.59 Å². The average Bonchev–Trinajstić information content (AvgIpc) is 2.29. The van der Waals surface area contributed by atoms with Crippen molar-refractivity contribution in [3.05, 3.63) is 0 Å². The molecule has 3 N–H and O–H groups in total. The number of urea groups is 1. The van der Waals surface area contributed by atoms with E-state index >= 15 is 0 Å². The van der Waals surface area contributed by atoms with E-state index in [1.165, 1.54) is 0 Å². The first-order chi connectivity index (χ1) is 8.41. The van der Waals surface area contributed by atoms with Gasteiger partial charge < -0.3 is 15.7 Å². The van der Waals surface area contributed by atoms with E-state index in [0.717, 1.165) is 12.8 Å². The van der Waals surface area contributed by atoms with Gasteiger partial charge in [0.2, 0.25) is 0 Å². The minimum atomic E-state index is -0.792. The van der Waals surface area contributed by atoms with Crippen molar-refractivity contribution in [1.82, 2.24) is 10.6 Å². The van der Waals surface area contributed by atoms with Gasteiger partial charge in [0, 0.05) is 19.5 Å². The molecule has 0 aromatic rings. The topological polar surface area (TPSA) is 78.4 Å². The van der Waals surface area contributed by atoms with Crippen molar-refractivity contribution in [2.75, 3.05) is 13.1 Å². The van der Waals surface area contributed by atoms with Gasteiger partial charge in [-0.1, -0.05) is 20.8 Å². The van der Waals surface area contributed by atoms with Crippen LogP contribution in [-0.4, -0.2) is 30.2 Å².